The number of rotatable bonds is 6. The van der Waals surface area contributed by atoms with Gasteiger partial charge in [0.05, 0.1) is 18.9 Å². The van der Waals surface area contributed by atoms with E-state index in [9.17, 15) is 4.79 Å². The number of hydrogen-bond donors (Lipinski definition) is 1. The van der Waals surface area contributed by atoms with Crippen molar-refractivity contribution in [2.75, 3.05) is 36.5 Å². The van der Waals surface area contributed by atoms with Crippen LogP contribution in [0, 0.1) is 0 Å². The number of benzene rings is 2. The molecule has 0 aliphatic carbocycles. The highest BCUT2D eigenvalue weighted by Crippen LogP contribution is 2.32. The van der Waals surface area contributed by atoms with E-state index in [2.05, 4.69) is 25.4 Å². The smallest absolute Gasteiger partial charge is 0.317 e. The van der Waals surface area contributed by atoms with Gasteiger partial charge in [0, 0.05) is 43.0 Å². The first-order valence-electron chi connectivity index (χ1n) is 13.4. The third kappa shape index (κ3) is 4.98. The number of aromatic nitrogens is 5. The summed E-state index contributed by atoms with van der Waals surface area (Å²) in [5.41, 5.74) is 4.17. The molecule has 2 aliphatic heterocycles. The lowest BCUT2D eigenvalue weighted by atomic mass is 9.96. The number of fused-ring (bicyclic) bond motifs is 1. The summed E-state index contributed by atoms with van der Waals surface area (Å²) in [6, 6.07) is 23.4. The molecule has 2 aliphatic rings. The van der Waals surface area contributed by atoms with Crippen LogP contribution in [0.5, 0.6) is 0 Å². The molecule has 7 rings (SSSR count). The summed E-state index contributed by atoms with van der Waals surface area (Å²) in [7, 11) is 0. The van der Waals surface area contributed by atoms with Gasteiger partial charge in [-0.2, -0.15) is 0 Å². The van der Waals surface area contributed by atoms with E-state index in [-0.39, 0.29) is 24.1 Å². The summed E-state index contributed by atoms with van der Waals surface area (Å²) in [6.45, 7) is 2.56. The molecule has 5 heterocycles. The molecule has 204 valence electrons. The molecule has 0 bridgehead atoms. The van der Waals surface area contributed by atoms with Gasteiger partial charge in [-0.05, 0) is 17.7 Å². The number of Topliss-reactive ketones (excluding diaryl/α,β-unsaturated/α-hetero) is 1. The number of aliphatic imine (C=N–C) groups is 1. The number of pyridine rings is 1. The molecular formula is C30H26N8O3. The van der Waals surface area contributed by atoms with Crippen LogP contribution < -0.4 is 10.2 Å². The maximum absolute atomic E-state index is 13.4. The summed E-state index contributed by atoms with van der Waals surface area (Å²) in [5.74, 6) is 1.53. The molecule has 1 fully saturated rings. The lowest BCUT2D eigenvalue weighted by Gasteiger charge is -2.27. The van der Waals surface area contributed by atoms with Crippen molar-refractivity contribution >= 4 is 23.3 Å². The molecular weight excluding hydrogens is 520 g/mol. The first kappa shape index (κ1) is 24.9. The Balaban J connectivity index is 1.23. The number of morpholine rings is 1. The molecule has 0 amide bonds. The second-order valence-electron chi connectivity index (χ2n) is 9.70. The van der Waals surface area contributed by atoms with Crippen LogP contribution in [0.15, 0.2) is 94.6 Å². The molecule has 1 N–H and O–H groups in total. The zero-order valence-electron chi connectivity index (χ0n) is 22.1. The van der Waals surface area contributed by atoms with Gasteiger partial charge in [0.15, 0.2) is 23.6 Å². The van der Waals surface area contributed by atoms with E-state index in [4.69, 9.17) is 19.2 Å². The molecule has 1 atom stereocenters. The zero-order chi connectivity index (χ0) is 27.6. The fraction of sp³-hybridized carbons (Fsp3) is 0.200. The summed E-state index contributed by atoms with van der Waals surface area (Å²) in [4.78, 5) is 24.8. The second kappa shape index (κ2) is 10.8. The van der Waals surface area contributed by atoms with Crippen LogP contribution in [0.3, 0.4) is 0 Å². The zero-order valence-corrected chi connectivity index (χ0v) is 22.1. The number of hydrogen-bond acceptors (Lipinski definition) is 10. The predicted octanol–water partition coefficient (Wildman–Crippen LogP) is 3.55. The highest BCUT2D eigenvalue weighted by Gasteiger charge is 2.29. The summed E-state index contributed by atoms with van der Waals surface area (Å²) >= 11 is 0. The predicted molar refractivity (Wildman–Crippen MR) is 152 cm³/mol. The Morgan fingerprint density at radius 1 is 0.878 bits per heavy atom. The van der Waals surface area contributed by atoms with Crippen LogP contribution in [0.25, 0.3) is 17.3 Å². The number of nitrogens with zero attached hydrogens (tertiary/aromatic N) is 7. The quantitative estimate of drug-likeness (QED) is 0.340. The number of ketones is 1. The maximum atomic E-state index is 13.4. The van der Waals surface area contributed by atoms with E-state index in [0.717, 1.165) is 22.4 Å². The van der Waals surface area contributed by atoms with E-state index < -0.39 is 6.17 Å². The van der Waals surface area contributed by atoms with E-state index in [1.165, 1.54) is 0 Å². The van der Waals surface area contributed by atoms with Crippen LogP contribution in [-0.2, 0) is 16.0 Å². The first-order chi connectivity index (χ1) is 20.2. The first-order valence-corrected chi connectivity index (χ1v) is 13.4. The largest absolute Gasteiger partial charge is 0.403 e. The average Bonchev–Trinajstić information content (AvgIpc) is 3.65. The minimum atomic E-state index is -0.902. The Hall–Kier alpha value is -5.16. The van der Waals surface area contributed by atoms with E-state index in [0.29, 0.717) is 43.5 Å². The number of carbonyl (C=O) groups is 1. The summed E-state index contributed by atoms with van der Waals surface area (Å²) in [6.07, 6.45) is 2.86. The molecule has 0 saturated carbocycles. The van der Waals surface area contributed by atoms with Crippen molar-refractivity contribution in [1.82, 2.24) is 25.0 Å². The molecule has 0 unspecified atom stereocenters. The van der Waals surface area contributed by atoms with Gasteiger partial charge in [-0.3, -0.25) is 9.79 Å². The van der Waals surface area contributed by atoms with Crippen LogP contribution >= 0.6 is 0 Å². The van der Waals surface area contributed by atoms with E-state index >= 15 is 0 Å². The van der Waals surface area contributed by atoms with Gasteiger partial charge in [0.2, 0.25) is 0 Å². The fourth-order valence-corrected chi connectivity index (χ4v) is 5.04. The summed E-state index contributed by atoms with van der Waals surface area (Å²) in [5, 5.41) is 16.4. The van der Waals surface area contributed by atoms with Gasteiger partial charge >= 0.3 is 6.01 Å². The average molecular weight is 547 g/mol. The Morgan fingerprint density at radius 3 is 2.51 bits per heavy atom. The Bertz CT molecular complexity index is 1710. The molecule has 0 radical (unpaired) electrons. The minimum Gasteiger partial charge on any atom is -0.403 e. The molecule has 2 aromatic carbocycles. The molecule has 11 heteroatoms. The third-order valence-corrected chi connectivity index (χ3v) is 7.05. The summed E-state index contributed by atoms with van der Waals surface area (Å²) < 4.78 is 13.3. The Labute approximate surface area is 235 Å². The van der Waals surface area contributed by atoms with Crippen LogP contribution in [0.2, 0.25) is 0 Å². The van der Waals surface area contributed by atoms with Gasteiger partial charge in [-0.25, -0.2) is 9.67 Å². The number of ether oxygens (including phenoxy) is 1. The van der Waals surface area contributed by atoms with Crippen molar-refractivity contribution < 1.29 is 13.9 Å². The van der Waals surface area contributed by atoms with Crippen LogP contribution in [0.1, 0.15) is 16.7 Å². The van der Waals surface area contributed by atoms with Gasteiger partial charge < -0.3 is 19.4 Å². The molecule has 0 spiro atoms. The van der Waals surface area contributed by atoms with Gasteiger partial charge in [-0.15, -0.1) is 10.2 Å². The molecule has 11 nitrogen and oxygen atoms in total. The molecule has 1 saturated heterocycles. The fourth-order valence-electron chi connectivity index (χ4n) is 5.04. The van der Waals surface area contributed by atoms with Crippen LogP contribution in [-0.4, -0.2) is 68.9 Å². The van der Waals surface area contributed by atoms with Crippen molar-refractivity contribution in [3.63, 3.8) is 0 Å². The number of carbonyl (C=O) groups excluding carboxylic acids is 1. The van der Waals surface area contributed by atoms with Crippen molar-refractivity contribution in [3.8, 4) is 17.3 Å². The molecule has 41 heavy (non-hydrogen) atoms. The second-order valence-corrected chi connectivity index (χ2v) is 9.70. The SMILES string of the molecule is O=C1Cc2ccccc2C(c2ccccc2)=N[C@@H]1Nc1nnc(-c2cn(-c3ccccn3)nc2N2CCOCC2)o1. The topological polar surface area (TPSA) is 124 Å². The molecule has 5 aromatic rings. The van der Waals surface area contributed by atoms with Crippen molar-refractivity contribution in [2.24, 2.45) is 4.99 Å². The standard InChI is InChI=1S/C30H26N8O3/c39-24-18-21-10-4-5-11-22(21)26(20-8-2-1-3-9-20)32-27(24)33-30-35-34-29(41-30)23-19-38(25-12-6-7-13-31-25)36-28(23)37-14-16-40-17-15-37/h1-13,19,27H,14-18H2,(H,33,35)/t27-/m1/s1. The van der Waals surface area contributed by atoms with Crippen LogP contribution in [0.4, 0.5) is 11.8 Å². The van der Waals surface area contributed by atoms with Gasteiger partial charge in [0.25, 0.3) is 5.89 Å². The maximum Gasteiger partial charge on any atom is 0.317 e. The number of anilines is 2. The monoisotopic (exact) mass is 546 g/mol. The lowest BCUT2D eigenvalue weighted by molar-refractivity contribution is -0.119. The lowest BCUT2D eigenvalue weighted by Crippen LogP contribution is -2.36. The Kier molecular flexibility index (Phi) is 6.53. The highest BCUT2D eigenvalue weighted by atomic mass is 16.5. The number of nitrogens with one attached hydrogen (secondary N) is 1. The van der Waals surface area contributed by atoms with Crippen molar-refractivity contribution in [1.29, 1.82) is 0 Å². The minimum absolute atomic E-state index is 0.0963. The van der Waals surface area contributed by atoms with Gasteiger partial charge in [0.1, 0.15) is 5.56 Å². The molecule has 3 aromatic heterocycles. The van der Waals surface area contributed by atoms with Gasteiger partial charge in [-0.1, -0.05) is 65.8 Å². The normalized spacial score (nSPS) is 17.1. The van der Waals surface area contributed by atoms with Crippen molar-refractivity contribution in [3.05, 3.63) is 102 Å². The highest BCUT2D eigenvalue weighted by molar-refractivity contribution is 6.16. The van der Waals surface area contributed by atoms with Crippen molar-refractivity contribution in [2.45, 2.75) is 12.6 Å². The third-order valence-electron chi connectivity index (χ3n) is 7.05. The van der Waals surface area contributed by atoms with E-state index in [1.54, 1.807) is 10.9 Å². The van der Waals surface area contributed by atoms with E-state index in [1.807, 2.05) is 79.0 Å². The Morgan fingerprint density at radius 2 is 1.68 bits per heavy atom.